The van der Waals surface area contributed by atoms with Gasteiger partial charge in [-0.3, -0.25) is 9.59 Å². The number of hydrogen-bond donors (Lipinski definition) is 2. The molecule has 0 saturated carbocycles. The number of oxazole rings is 1. The third kappa shape index (κ3) is 3.72. The molecular weight excluding hydrogens is 524 g/mol. The van der Waals surface area contributed by atoms with Crippen molar-refractivity contribution in [3.05, 3.63) is 70.9 Å². The lowest BCUT2D eigenvalue weighted by Crippen LogP contribution is -2.55. The van der Waals surface area contributed by atoms with E-state index < -0.39 is 23.1 Å². The minimum atomic E-state index is -1.77. The lowest BCUT2D eigenvalue weighted by molar-refractivity contribution is -0.129. The summed E-state index contributed by atoms with van der Waals surface area (Å²) in [7, 11) is 2.86. The first-order chi connectivity index (χ1) is 18.8. The van der Waals surface area contributed by atoms with Crippen molar-refractivity contribution in [2.24, 2.45) is 5.92 Å². The van der Waals surface area contributed by atoms with Gasteiger partial charge in [0.05, 0.1) is 19.8 Å². The number of hydrogen-bond acceptors (Lipinski definition) is 9. The number of para-hydroxylation sites is 2. The number of halogens is 1. The quantitative estimate of drug-likeness (QED) is 0.237. The van der Waals surface area contributed by atoms with Crippen LogP contribution in [-0.2, 0) is 4.79 Å². The zero-order valence-electron chi connectivity index (χ0n) is 21.2. The number of allylic oxidation sites excluding steroid dienone is 1. The highest BCUT2D eigenvalue weighted by Crippen LogP contribution is 2.53. The Labute approximate surface area is 228 Å². The van der Waals surface area contributed by atoms with Gasteiger partial charge in [-0.15, -0.1) is 0 Å². The number of ketones is 2. The fourth-order valence-corrected chi connectivity index (χ4v) is 5.44. The normalized spacial score (nSPS) is 20.1. The molecule has 4 aromatic rings. The number of benzene rings is 3. The Hall–Kier alpha value is -4.50. The number of phenolic OH excluding ortho intramolecular Hbond substituents is 1. The minimum Gasteiger partial charge on any atom is -0.507 e. The summed E-state index contributed by atoms with van der Waals surface area (Å²) in [6.07, 6.45) is 1.69. The van der Waals surface area contributed by atoms with E-state index in [0.29, 0.717) is 34.5 Å². The Bertz CT molecular complexity index is 1680. The number of aromatic hydroxyl groups is 1. The third-order valence-electron chi connectivity index (χ3n) is 7.14. The van der Waals surface area contributed by atoms with Crippen LogP contribution in [0.3, 0.4) is 0 Å². The highest BCUT2D eigenvalue weighted by atomic mass is 35.5. The Morgan fingerprint density at radius 3 is 2.59 bits per heavy atom. The van der Waals surface area contributed by atoms with Gasteiger partial charge in [0, 0.05) is 29.4 Å². The summed E-state index contributed by atoms with van der Waals surface area (Å²) in [5.41, 5.74) is 1.19. The molecule has 6 rings (SSSR count). The molecule has 39 heavy (non-hydrogen) atoms. The monoisotopic (exact) mass is 546 g/mol. The van der Waals surface area contributed by atoms with Crippen molar-refractivity contribution in [3.63, 3.8) is 0 Å². The van der Waals surface area contributed by atoms with Gasteiger partial charge < -0.3 is 29.1 Å². The van der Waals surface area contributed by atoms with E-state index in [-0.39, 0.29) is 39.5 Å². The van der Waals surface area contributed by atoms with E-state index in [1.807, 2.05) is 18.2 Å². The fourth-order valence-electron chi connectivity index (χ4n) is 5.17. The maximum Gasteiger partial charge on any atom is 0.236 e. The molecule has 0 bridgehead atoms. The Morgan fingerprint density at radius 2 is 1.87 bits per heavy atom. The number of rotatable bonds is 5. The molecule has 0 saturated heterocycles. The average Bonchev–Trinajstić information content (AvgIpc) is 3.49. The number of phenols is 1. The van der Waals surface area contributed by atoms with Crippen LogP contribution in [0.2, 0.25) is 5.02 Å². The molecule has 1 spiro atoms. The van der Waals surface area contributed by atoms with E-state index in [1.165, 1.54) is 32.4 Å². The first-order valence-corrected chi connectivity index (χ1v) is 12.5. The highest BCUT2D eigenvalue weighted by molar-refractivity contribution is 6.36. The second kappa shape index (κ2) is 9.06. The number of aromatic nitrogens is 1. The van der Waals surface area contributed by atoms with Crippen molar-refractivity contribution in [2.75, 3.05) is 19.5 Å². The van der Waals surface area contributed by atoms with Crippen LogP contribution in [0.5, 0.6) is 23.0 Å². The first-order valence-electron chi connectivity index (χ1n) is 12.2. The van der Waals surface area contributed by atoms with E-state index >= 15 is 0 Å². The van der Waals surface area contributed by atoms with Crippen LogP contribution in [0.4, 0.5) is 5.69 Å². The predicted molar refractivity (Wildman–Crippen MR) is 144 cm³/mol. The summed E-state index contributed by atoms with van der Waals surface area (Å²) < 4.78 is 22.6. The average molecular weight is 547 g/mol. The number of carbonyl (C=O) groups is 2. The number of nitrogens with one attached hydrogen (secondary N) is 1. The molecule has 2 aliphatic rings. The number of anilines is 1. The van der Waals surface area contributed by atoms with Gasteiger partial charge in [-0.05, 0) is 36.8 Å². The van der Waals surface area contributed by atoms with Crippen LogP contribution in [0.15, 0.2) is 64.7 Å². The number of Topliss-reactive ketones (excluding diaryl/α,β-unsaturated/α-hetero) is 1. The minimum absolute atomic E-state index is 0.00269. The fraction of sp³-hybridized carbons (Fsp3) is 0.207. The van der Waals surface area contributed by atoms with Crippen LogP contribution in [0.25, 0.3) is 22.6 Å². The summed E-state index contributed by atoms with van der Waals surface area (Å²) in [6, 6.07) is 13.7. The maximum atomic E-state index is 13.7. The summed E-state index contributed by atoms with van der Waals surface area (Å²) in [6.45, 7) is 1.77. The topological polar surface area (TPSA) is 120 Å². The van der Waals surface area contributed by atoms with E-state index in [2.05, 4.69) is 10.3 Å². The standard InChI is InChI=1S/C29H23ClN2O7/c1-14-10-16(31-15-8-9-19(33)17(11-15)28-32-18-6-4-5-7-20(18)38-28)12-23(34)29(14)27(35)24-21(36-2)13-22(37-3)25(30)26(24)39-29/h4-9,11-14,31,33H,10H2,1-3H3/t14-,29+/m1/s1. The molecule has 3 aromatic carbocycles. The summed E-state index contributed by atoms with van der Waals surface area (Å²) in [5, 5.41) is 13.8. The molecule has 10 heteroatoms. The number of nitrogens with zero attached hydrogens (tertiary/aromatic N) is 1. The van der Waals surface area contributed by atoms with Gasteiger partial charge in [0.1, 0.15) is 33.4 Å². The first kappa shape index (κ1) is 24.8. The van der Waals surface area contributed by atoms with Gasteiger partial charge in [0.15, 0.2) is 11.3 Å². The summed E-state index contributed by atoms with van der Waals surface area (Å²) >= 11 is 6.46. The lowest BCUT2D eigenvalue weighted by atomic mass is 9.74. The summed E-state index contributed by atoms with van der Waals surface area (Å²) in [5.74, 6) is -0.735. The molecule has 0 unspecified atom stereocenters. The van der Waals surface area contributed by atoms with Crippen molar-refractivity contribution in [2.45, 2.75) is 18.9 Å². The van der Waals surface area contributed by atoms with E-state index in [9.17, 15) is 14.7 Å². The second-order valence-corrected chi connectivity index (χ2v) is 9.83. The van der Waals surface area contributed by atoms with E-state index in [1.54, 1.807) is 25.1 Å². The van der Waals surface area contributed by atoms with Crippen LogP contribution < -0.4 is 19.5 Å². The molecule has 1 aliphatic heterocycles. The van der Waals surface area contributed by atoms with Gasteiger partial charge in [-0.1, -0.05) is 30.7 Å². The Balaban J connectivity index is 1.32. The summed E-state index contributed by atoms with van der Waals surface area (Å²) in [4.78, 5) is 31.7. The third-order valence-corrected chi connectivity index (χ3v) is 7.49. The molecule has 2 N–H and O–H groups in total. The van der Waals surface area contributed by atoms with Crippen molar-refractivity contribution in [1.82, 2.24) is 4.98 Å². The molecule has 198 valence electrons. The van der Waals surface area contributed by atoms with Crippen molar-refractivity contribution >= 4 is 40.0 Å². The molecule has 2 heterocycles. The second-order valence-electron chi connectivity index (χ2n) is 9.45. The largest absolute Gasteiger partial charge is 0.507 e. The number of carbonyl (C=O) groups excluding carboxylic acids is 2. The molecule has 1 aliphatic carbocycles. The molecule has 2 atom stereocenters. The van der Waals surface area contributed by atoms with Crippen LogP contribution in [0.1, 0.15) is 23.7 Å². The predicted octanol–water partition coefficient (Wildman–Crippen LogP) is 5.79. The molecule has 0 radical (unpaired) electrons. The van der Waals surface area contributed by atoms with Crippen LogP contribution >= 0.6 is 11.6 Å². The zero-order valence-corrected chi connectivity index (χ0v) is 22.0. The SMILES string of the molecule is COc1cc(OC)c2c(c1Cl)O[C@@]1(C(=O)C=C(Nc3ccc(O)c(-c4nc5ccccc5o4)c3)C[C@H]1C)C2=O. The number of fused-ring (bicyclic) bond motifs is 2. The van der Waals surface area contributed by atoms with Crippen molar-refractivity contribution < 1.29 is 33.3 Å². The van der Waals surface area contributed by atoms with Crippen molar-refractivity contribution in [3.8, 4) is 34.5 Å². The molecule has 0 fully saturated rings. The van der Waals surface area contributed by atoms with Gasteiger partial charge >= 0.3 is 0 Å². The van der Waals surface area contributed by atoms with Crippen LogP contribution in [0, 0.1) is 5.92 Å². The van der Waals surface area contributed by atoms with Gasteiger partial charge in [-0.25, -0.2) is 4.98 Å². The Morgan fingerprint density at radius 1 is 1.10 bits per heavy atom. The van der Waals surface area contributed by atoms with E-state index in [0.717, 1.165) is 0 Å². The molecular formula is C29H23ClN2O7. The maximum absolute atomic E-state index is 13.7. The van der Waals surface area contributed by atoms with E-state index in [4.69, 9.17) is 30.2 Å². The smallest absolute Gasteiger partial charge is 0.236 e. The van der Waals surface area contributed by atoms with Gasteiger partial charge in [-0.2, -0.15) is 0 Å². The van der Waals surface area contributed by atoms with Crippen LogP contribution in [-0.4, -0.2) is 41.5 Å². The number of ether oxygens (including phenoxy) is 3. The van der Waals surface area contributed by atoms with Crippen molar-refractivity contribution in [1.29, 1.82) is 0 Å². The highest BCUT2D eigenvalue weighted by Gasteiger charge is 2.60. The zero-order chi connectivity index (χ0) is 27.5. The molecule has 1 aromatic heterocycles. The van der Waals surface area contributed by atoms with Gasteiger partial charge in [0.2, 0.25) is 23.1 Å². The number of methoxy groups -OCH3 is 2. The molecule has 0 amide bonds. The van der Waals surface area contributed by atoms with Gasteiger partial charge in [0.25, 0.3) is 0 Å². The lowest BCUT2D eigenvalue weighted by Gasteiger charge is -2.35. The Kier molecular flexibility index (Phi) is 5.76. The molecule has 9 nitrogen and oxygen atoms in total.